The Morgan fingerprint density at radius 1 is 1.27 bits per heavy atom. The highest BCUT2D eigenvalue weighted by molar-refractivity contribution is 5.98. The number of ether oxygens (including phenoxy) is 1. The highest BCUT2D eigenvalue weighted by Gasteiger charge is 2.34. The van der Waals surface area contributed by atoms with Gasteiger partial charge in [-0.05, 0) is 48.5 Å². The number of nitrogens with one attached hydrogen (secondary N) is 1. The third-order valence-electron chi connectivity index (χ3n) is 2.65. The van der Waals surface area contributed by atoms with Crippen LogP contribution in [0.25, 0.3) is 0 Å². The zero-order valence-corrected chi connectivity index (χ0v) is 14.3. The molecule has 1 rings (SSSR count). The largest absolute Gasteiger partial charge is 0.444 e. The van der Waals surface area contributed by atoms with Crippen molar-refractivity contribution in [3.8, 4) is 0 Å². The molecule has 7 heteroatoms. The maximum Gasteiger partial charge on any atom is 0.408 e. The van der Waals surface area contributed by atoms with Gasteiger partial charge in [-0.2, -0.15) is 0 Å². The highest BCUT2D eigenvalue weighted by Crippen LogP contribution is 2.23. The van der Waals surface area contributed by atoms with Crippen molar-refractivity contribution < 1.29 is 18.8 Å². The first-order valence-corrected chi connectivity index (χ1v) is 7.16. The third kappa shape index (κ3) is 5.05. The molecule has 0 saturated heterocycles. The molecular formula is C15H25N3O4. The molecule has 1 aromatic rings. The SMILES string of the molecule is CC(NC(=O)OC(C)(C)C)C(=O)N(c1ccon1)C(C)(C)C. The molecule has 1 atom stereocenters. The van der Waals surface area contributed by atoms with E-state index in [-0.39, 0.29) is 5.91 Å². The molecular weight excluding hydrogens is 286 g/mol. The average Bonchev–Trinajstić information content (AvgIpc) is 2.77. The van der Waals surface area contributed by atoms with Gasteiger partial charge in [0.15, 0.2) is 5.82 Å². The molecule has 1 unspecified atom stereocenters. The number of amides is 2. The molecule has 0 aromatic carbocycles. The van der Waals surface area contributed by atoms with Crippen molar-refractivity contribution in [2.45, 2.75) is 65.6 Å². The molecule has 0 radical (unpaired) electrons. The average molecular weight is 311 g/mol. The lowest BCUT2D eigenvalue weighted by atomic mass is 10.0. The molecule has 1 N–H and O–H groups in total. The van der Waals surface area contributed by atoms with E-state index in [0.29, 0.717) is 5.82 Å². The van der Waals surface area contributed by atoms with Gasteiger partial charge in [-0.15, -0.1) is 0 Å². The van der Waals surface area contributed by atoms with E-state index in [1.807, 2.05) is 20.8 Å². The van der Waals surface area contributed by atoms with E-state index in [0.717, 1.165) is 0 Å². The normalized spacial score (nSPS) is 13.4. The van der Waals surface area contributed by atoms with E-state index < -0.39 is 23.3 Å². The lowest BCUT2D eigenvalue weighted by Gasteiger charge is -2.35. The molecule has 0 aliphatic heterocycles. The third-order valence-corrected chi connectivity index (χ3v) is 2.65. The van der Waals surface area contributed by atoms with Gasteiger partial charge < -0.3 is 14.6 Å². The Morgan fingerprint density at radius 3 is 2.27 bits per heavy atom. The summed E-state index contributed by atoms with van der Waals surface area (Å²) in [6.07, 6.45) is 0.759. The first kappa shape index (κ1) is 18.0. The van der Waals surface area contributed by atoms with Crippen LogP contribution in [0, 0.1) is 0 Å². The van der Waals surface area contributed by atoms with Crippen LogP contribution in [-0.4, -0.2) is 34.3 Å². The molecule has 0 fully saturated rings. The predicted molar refractivity (Wildman–Crippen MR) is 82.6 cm³/mol. The van der Waals surface area contributed by atoms with Crippen molar-refractivity contribution in [3.63, 3.8) is 0 Å². The van der Waals surface area contributed by atoms with Crippen LogP contribution in [0.15, 0.2) is 16.9 Å². The van der Waals surface area contributed by atoms with Crippen molar-refractivity contribution in [1.82, 2.24) is 10.5 Å². The number of carbonyl (C=O) groups is 2. The minimum atomic E-state index is -0.759. The lowest BCUT2D eigenvalue weighted by molar-refractivity contribution is -0.121. The maximum absolute atomic E-state index is 12.7. The van der Waals surface area contributed by atoms with Crippen molar-refractivity contribution in [3.05, 3.63) is 12.3 Å². The molecule has 0 spiro atoms. The Labute approximate surface area is 131 Å². The quantitative estimate of drug-likeness (QED) is 0.927. The maximum atomic E-state index is 12.7. The Morgan fingerprint density at radius 2 is 1.86 bits per heavy atom. The number of hydrogen-bond donors (Lipinski definition) is 1. The fourth-order valence-electron chi connectivity index (χ4n) is 1.85. The molecule has 22 heavy (non-hydrogen) atoms. The van der Waals surface area contributed by atoms with E-state index in [1.54, 1.807) is 33.8 Å². The second kappa shape index (κ2) is 6.37. The molecule has 0 bridgehead atoms. The van der Waals surface area contributed by atoms with Crippen LogP contribution >= 0.6 is 0 Å². The second-order valence-electron chi connectivity index (χ2n) is 7.07. The van der Waals surface area contributed by atoms with Gasteiger partial charge in [0.1, 0.15) is 17.9 Å². The van der Waals surface area contributed by atoms with E-state index in [2.05, 4.69) is 10.5 Å². The summed E-state index contributed by atoms with van der Waals surface area (Å²) in [6, 6.07) is 0.842. The number of hydrogen-bond acceptors (Lipinski definition) is 5. The molecule has 124 valence electrons. The molecule has 0 aliphatic carbocycles. The van der Waals surface area contributed by atoms with Crippen molar-refractivity contribution in [2.24, 2.45) is 0 Å². The number of alkyl carbamates (subject to hydrolysis) is 1. The van der Waals surface area contributed by atoms with Crippen LogP contribution in [0.2, 0.25) is 0 Å². The summed E-state index contributed by atoms with van der Waals surface area (Å²) in [7, 11) is 0. The van der Waals surface area contributed by atoms with Gasteiger partial charge in [0.2, 0.25) is 0 Å². The molecule has 1 aromatic heterocycles. The van der Waals surface area contributed by atoms with Gasteiger partial charge in [0, 0.05) is 11.6 Å². The van der Waals surface area contributed by atoms with Gasteiger partial charge in [-0.3, -0.25) is 9.69 Å². The summed E-state index contributed by atoms with van der Waals surface area (Å²) in [5.41, 5.74) is -1.14. The van der Waals surface area contributed by atoms with E-state index in [4.69, 9.17) is 9.26 Å². The van der Waals surface area contributed by atoms with E-state index in [1.165, 1.54) is 11.2 Å². The zero-order valence-electron chi connectivity index (χ0n) is 14.3. The van der Waals surface area contributed by atoms with Crippen LogP contribution in [0.4, 0.5) is 10.6 Å². The molecule has 2 amide bonds. The fraction of sp³-hybridized carbons (Fsp3) is 0.667. The van der Waals surface area contributed by atoms with Gasteiger partial charge in [0.25, 0.3) is 5.91 Å². The number of carbonyl (C=O) groups excluding carboxylic acids is 2. The highest BCUT2D eigenvalue weighted by atomic mass is 16.6. The minimum absolute atomic E-state index is 0.299. The van der Waals surface area contributed by atoms with Crippen molar-refractivity contribution in [2.75, 3.05) is 4.90 Å². The number of nitrogens with zero attached hydrogens (tertiary/aromatic N) is 2. The standard InChI is InChI=1S/C15H25N3O4/c1-10(16-13(20)22-15(5,6)7)12(19)18(14(2,3)4)11-8-9-21-17-11/h8-10H,1-7H3,(H,16,20). The first-order chi connectivity index (χ1) is 9.92. The van der Waals surface area contributed by atoms with Gasteiger partial charge >= 0.3 is 6.09 Å². The van der Waals surface area contributed by atoms with Gasteiger partial charge in [0.05, 0.1) is 0 Å². The van der Waals surface area contributed by atoms with E-state index >= 15 is 0 Å². The van der Waals surface area contributed by atoms with Gasteiger partial charge in [-0.25, -0.2) is 4.79 Å². The summed E-state index contributed by atoms with van der Waals surface area (Å²) >= 11 is 0. The Bertz CT molecular complexity index is 512. The summed E-state index contributed by atoms with van der Waals surface area (Å²) in [4.78, 5) is 25.9. The Hall–Kier alpha value is -2.05. The number of rotatable bonds is 3. The second-order valence-corrected chi connectivity index (χ2v) is 7.07. The molecule has 0 aliphatic rings. The van der Waals surface area contributed by atoms with Gasteiger partial charge in [-0.1, -0.05) is 5.16 Å². The van der Waals surface area contributed by atoms with Crippen molar-refractivity contribution >= 4 is 17.8 Å². The molecule has 0 saturated carbocycles. The van der Waals surface area contributed by atoms with Crippen LogP contribution in [0.1, 0.15) is 48.5 Å². The van der Waals surface area contributed by atoms with Crippen LogP contribution in [-0.2, 0) is 9.53 Å². The molecule has 1 heterocycles. The summed E-state index contributed by atoms with van der Waals surface area (Å²) in [5, 5.41) is 6.35. The summed E-state index contributed by atoms with van der Waals surface area (Å²) in [6.45, 7) is 12.5. The van der Waals surface area contributed by atoms with Crippen LogP contribution in [0.3, 0.4) is 0 Å². The Kier molecular flexibility index (Phi) is 5.22. The minimum Gasteiger partial charge on any atom is -0.444 e. The molecule has 7 nitrogen and oxygen atoms in total. The summed E-state index contributed by atoms with van der Waals surface area (Å²) in [5.74, 6) is 0.0996. The van der Waals surface area contributed by atoms with Crippen LogP contribution < -0.4 is 10.2 Å². The first-order valence-electron chi connectivity index (χ1n) is 7.16. The fourth-order valence-corrected chi connectivity index (χ4v) is 1.85. The zero-order chi connectivity index (χ0) is 17.1. The van der Waals surface area contributed by atoms with E-state index in [9.17, 15) is 9.59 Å². The van der Waals surface area contributed by atoms with Crippen LogP contribution in [0.5, 0.6) is 0 Å². The number of anilines is 1. The smallest absolute Gasteiger partial charge is 0.408 e. The van der Waals surface area contributed by atoms with Crippen molar-refractivity contribution in [1.29, 1.82) is 0 Å². The summed E-state index contributed by atoms with van der Waals surface area (Å²) < 4.78 is 9.97. The predicted octanol–water partition coefficient (Wildman–Crippen LogP) is 2.72. The number of aromatic nitrogens is 1. The topological polar surface area (TPSA) is 84.7 Å². The monoisotopic (exact) mass is 311 g/mol. The lowest BCUT2D eigenvalue weighted by Crippen LogP contribution is -2.54. The Balaban J connectivity index is 2.85.